The standard InChI is InChI=1S/C22H23N5O3S/c1-11(2)30-22(29)27-6-3-12-9-15-16(10-13(12)4-7-27)25-20(24-15)17-18(23)19-14(5-8-31-19)26-21(17)28/h5,8-11H,3-4,6-7H2,1-2H3,(H,24,25)(H3,23,26,28). The van der Waals surface area contributed by atoms with Crippen LogP contribution in [0.4, 0.5) is 10.5 Å². The monoisotopic (exact) mass is 437 g/mol. The van der Waals surface area contributed by atoms with Crippen LogP contribution in [0.15, 0.2) is 28.4 Å². The van der Waals surface area contributed by atoms with E-state index in [1.807, 2.05) is 31.4 Å². The quantitative estimate of drug-likeness (QED) is 0.442. The number of thiophene rings is 1. The lowest BCUT2D eigenvalue weighted by Gasteiger charge is -2.21. The van der Waals surface area contributed by atoms with Gasteiger partial charge in [0.1, 0.15) is 11.4 Å². The highest BCUT2D eigenvalue weighted by atomic mass is 32.1. The average molecular weight is 438 g/mol. The van der Waals surface area contributed by atoms with Gasteiger partial charge in [0, 0.05) is 13.1 Å². The molecule has 0 saturated carbocycles. The predicted molar refractivity (Wildman–Crippen MR) is 123 cm³/mol. The van der Waals surface area contributed by atoms with E-state index in [4.69, 9.17) is 10.5 Å². The number of nitrogen functional groups attached to an aromatic ring is 1. The lowest BCUT2D eigenvalue weighted by atomic mass is 10.0. The molecule has 160 valence electrons. The largest absolute Gasteiger partial charge is 0.447 e. The second kappa shape index (κ2) is 7.42. The van der Waals surface area contributed by atoms with Crippen LogP contribution in [-0.4, -0.2) is 45.1 Å². The summed E-state index contributed by atoms with van der Waals surface area (Å²) < 4.78 is 6.19. The Morgan fingerprint density at radius 3 is 2.68 bits per heavy atom. The number of anilines is 1. The number of pyridine rings is 1. The van der Waals surface area contributed by atoms with Gasteiger partial charge in [-0.1, -0.05) is 0 Å². The highest BCUT2D eigenvalue weighted by Gasteiger charge is 2.22. The Bertz CT molecular complexity index is 1320. The molecule has 0 spiro atoms. The van der Waals surface area contributed by atoms with Crippen LogP contribution < -0.4 is 11.3 Å². The first kappa shape index (κ1) is 19.6. The first-order valence-corrected chi connectivity index (χ1v) is 11.1. The summed E-state index contributed by atoms with van der Waals surface area (Å²) in [5.74, 6) is 0.464. The fourth-order valence-electron chi connectivity index (χ4n) is 4.08. The van der Waals surface area contributed by atoms with Crippen LogP contribution >= 0.6 is 11.3 Å². The lowest BCUT2D eigenvalue weighted by molar-refractivity contribution is 0.0781. The molecule has 31 heavy (non-hydrogen) atoms. The van der Waals surface area contributed by atoms with Crippen LogP contribution in [0, 0.1) is 0 Å². The number of carbonyl (C=O) groups excluding carboxylic acids is 1. The summed E-state index contributed by atoms with van der Waals surface area (Å²) in [7, 11) is 0. The highest BCUT2D eigenvalue weighted by molar-refractivity contribution is 7.17. The number of aromatic nitrogens is 3. The zero-order valence-corrected chi connectivity index (χ0v) is 18.1. The first-order valence-electron chi connectivity index (χ1n) is 10.3. The van der Waals surface area contributed by atoms with Crippen molar-refractivity contribution >= 4 is 44.4 Å². The molecule has 0 aliphatic carbocycles. The van der Waals surface area contributed by atoms with E-state index >= 15 is 0 Å². The van der Waals surface area contributed by atoms with Crippen LogP contribution in [0.5, 0.6) is 0 Å². The number of nitrogens with two attached hydrogens (primary N) is 1. The van der Waals surface area contributed by atoms with Gasteiger partial charge in [0.2, 0.25) is 0 Å². The molecule has 4 heterocycles. The molecule has 5 rings (SSSR count). The number of nitrogens with one attached hydrogen (secondary N) is 2. The molecule has 0 fully saturated rings. The van der Waals surface area contributed by atoms with E-state index in [1.165, 1.54) is 11.3 Å². The van der Waals surface area contributed by atoms with E-state index in [-0.39, 0.29) is 17.8 Å². The molecule has 1 aliphatic rings. The van der Waals surface area contributed by atoms with Crippen LogP contribution in [-0.2, 0) is 17.6 Å². The molecule has 0 atom stereocenters. The van der Waals surface area contributed by atoms with Gasteiger partial charge in [0.05, 0.1) is 33.0 Å². The van der Waals surface area contributed by atoms with Crippen molar-refractivity contribution in [2.75, 3.05) is 18.8 Å². The van der Waals surface area contributed by atoms with Crippen LogP contribution in [0.2, 0.25) is 0 Å². The maximum absolute atomic E-state index is 12.7. The molecule has 0 bridgehead atoms. The minimum atomic E-state index is -0.271. The van der Waals surface area contributed by atoms with E-state index < -0.39 is 0 Å². The first-order chi connectivity index (χ1) is 14.9. The maximum Gasteiger partial charge on any atom is 0.410 e. The number of rotatable bonds is 2. The summed E-state index contributed by atoms with van der Waals surface area (Å²) in [5, 5.41) is 1.90. The summed E-state index contributed by atoms with van der Waals surface area (Å²) in [4.78, 5) is 37.5. The Hall–Kier alpha value is -3.33. The van der Waals surface area contributed by atoms with Crippen molar-refractivity contribution in [3.8, 4) is 11.4 Å². The molecule has 4 N–H and O–H groups in total. The molecular formula is C22H23N5O3S. The van der Waals surface area contributed by atoms with Gasteiger partial charge in [-0.15, -0.1) is 11.3 Å². The molecule has 0 saturated heterocycles. The third-order valence-electron chi connectivity index (χ3n) is 5.59. The summed E-state index contributed by atoms with van der Waals surface area (Å²) in [6.45, 7) is 4.91. The Morgan fingerprint density at radius 2 is 1.94 bits per heavy atom. The van der Waals surface area contributed by atoms with Crippen molar-refractivity contribution in [2.24, 2.45) is 0 Å². The van der Waals surface area contributed by atoms with Gasteiger partial charge in [0.15, 0.2) is 0 Å². The van der Waals surface area contributed by atoms with Crippen LogP contribution in [0.1, 0.15) is 25.0 Å². The lowest BCUT2D eigenvalue weighted by Crippen LogP contribution is -2.35. The van der Waals surface area contributed by atoms with E-state index in [2.05, 4.69) is 21.0 Å². The summed E-state index contributed by atoms with van der Waals surface area (Å²) in [6.07, 6.45) is 1.05. The number of benzene rings is 1. The molecular weight excluding hydrogens is 414 g/mol. The van der Waals surface area contributed by atoms with Gasteiger partial charge in [-0.05, 0) is 61.4 Å². The molecule has 3 aromatic heterocycles. The Labute approximate surface area is 182 Å². The minimum Gasteiger partial charge on any atom is -0.447 e. The Morgan fingerprint density at radius 1 is 1.19 bits per heavy atom. The van der Waals surface area contributed by atoms with Gasteiger partial charge in [-0.3, -0.25) is 4.79 Å². The van der Waals surface area contributed by atoms with Crippen molar-refractivity contribution in [3.05, 3.63) is 45.1 Å². The number of H-pyrrole nitrogens is 2. The van der Waals surface area contributed by atoms with E-state index in [0.717, 1.165) is 45.2 Å². The van der Waals surface area contributed by atoms with Crippen LogP contribution in [0.3, 0.4) is 0 Å². The number of hydrogen-bond donors (Lipinski definition) is 3. The van der Waals surface area contributed by atoms with Gasteiger partial charge in [0.25, 0.3) is 5.56 Å². The number of amides is 1. The molecule has 9 heteroatoms. The summed E-state index contributed by atoms with van der Waals surface area (Å²) in [6, 6.07) is 5.94. The normalized spacial score (nSPS) is 14.2. The smallest absolute Gasteiger partial charge is 0.410 e. The number of nitrogens with zero attached hydrogens (tertiary/aromatic N) is 2. The fourth-order valence-corrected chi connectivity index (χ4v) is 4.90. The third-order valence-corrected chi connectivity index (χ3v) is 6.54. The van der Waals surface area contributed by atoms with Gasteiger partial charge >= 0.3 is 6.09 Å². The topological polar surface area (TPSA) is 117 Å². The maximum atomic E-state index is 12.7. The van der Waals surface area contributed by atoms with E-state index in [0.29, 0.717) is 30.2 Å². The molecule has 8 nitrogen and oxygen atoms in total. The SMILES string of the molecule is CC(C)OC(=O)N1CCc2cc3nc(-c4c(N)c5sccc5[nH]c4=O)[nH]c3cc2CC1. The molecule has 1 amide bonds. The Kier molecular flexibility index (Phi) is 4.70. The van der Waals surface area contributed by atoms with Crippen LogP contribution in [0.25, 0.3) is 32.6 Å². The summed E-state index contributed by atoms with van der Waals surface area (Å²) >= 11 is 1.49. The second-order valence-corrected chi connectivity index (χ2v) is 8.97. The molecule has 1 aliphatic heterocycles. The van der Waals surface area contributed by atoms with Gasteiger partial charge < -0.3 is 25.3 Å². The molecule has 0 radical (unpaired) electrons. The van der Waals surface area contributed by atoms with Crippen molar-refractivity contribution in [1.82, 2.24) is 19.9 Å². The minimum absolute atomic E-state index is 0.136. The van der Waals surface area contributed by atoms with E-state index in [9.17, 15) is 9.59 Å². The average Bonchev–Trinajstić information content (AvgIpc) is 3.27. The predicted octanol–water partition coefficient (Wildman–Crippen LogP) is 3.66. The zero-order chi connectivity index (χ0) is 21.7. The van der Waals surface area contributed by atoms with Gasteiger partial charge in [-0.25, -0.2) is 9.78 Å². The third kappa shape index (κ3) is 3.44. The van der Waals surface area contributed by atoms with Crippen molar-refractivity contribution in [2.45, 2.75) is 32.8 Å². The number of carbonyl (C=O) groups is 1. The number of imidazole rings is 1. The molecule has 4 aromatic rings. The Balaban J connectivity index is 1.49. The van der Waals surface area contributed by atoms with Crippen molar-refractivity contribution in [1.29, 1.82) is 0 Å². The highest BCUT2D eigenvalue weighted by Crippen LogP contribution is 2.32. The molecule has 1 aromatic carbocycles. The second-order valence-electron chi connectivity index (χ2n) is 8.05. The number of aromatic amines is 2. The molecule has 0 unspecified atom stereocenters. The fraction of sp³-hybridized carbons (Fsp3) is 0.318. The van der Waals surface area contributed by atoms with Crippen molar-refractivity contribution < 1.29 is 9.53 Å². The van der Waals surface area contributed by atoms with E-state index in [1.54, 1.807) is 4.90 Å². The number of hydrogen-bond acceptors (Lipinski definition) is 6. The van der Waals surface area contributed by atoms with Gasteiger partial charge in [-0.2, -0.15) is 0 Å². The number of ether oxygens (including phenoxy) is 1. The van der Waals surface area contributed by atoms with Crippen molar-refractivity contribution in [3.63, 3.8) is 0 Å². The summed E-state index contributed by atoms with van der Waals surface area (Å²) in [5.41, 5.74) is 11.5. The number of fused-ring (bicyclic) bond motifs is 3. The zero-order valence-electron chi connectivity index (χ0n) is 17.3.